The van der Waals surface area contributed by atoms with E-state index in [1.54, 1.807) is 24.5 Å². The fraction of sp³-hybridized carbons (Fsp3) is 0.0500. The van der Waals surface area contributed by atoms with Crippen LogP contribution in [0.3, 0.4) is 0 Å². The van der Waals surface area contributed by atoms with E-state index in [0.717, 1.165) is 33.8 Å². The number of nitrogens with one attached hydrogen (secondary N) is 1. The summed E-state index contributed by atoms with van der Waals surface area (Å²) in [4.78, 5) is 20.5. The first-order valence-corrected chi connectivity index (χ1v) is 8.20. The molecule has 0 saturated heterocycles. The zero-order valence-electron chi connectivity index (χ0n) is 13.6. The molecule has 5 nitrogen and oxygen atoms in total. The molecular formula is C20H13FN4O. The van der Waals surface area contributed by atoms with Crippen LogP contribution in [0.5, 0.6) is 0 Å². The maximum absolute atomic E-state index is 13.3. The number of imidazole rings is 1. The maximum atomic E-state index is 13.3. The zero-order chi connectivity index (χ0) is 17.7. The second-order valence-corrected chi connectivity index (χ2v) is 6.22. The third-order valence-corrected chi connectivity index (χ3v) is 4.55. The minimum Gasteiger partial charge on any atom is -0.326 e. The number of amides is 1. The normalized spacial score (nSPS) is 13.0. The molecule has 5 rings (SSSR count). The highest BCUT2D eigenvalue weighted by Gasteiger charge is 2.21. The number of fused-ring (bicyclic) bond motifs is 2. The van der Waals surface area contributed by atoms with Crippen LogP contribution in [0.25, 0.3) is 28.2 Å². The van der Waals surface area contributed by atoms with Gasteiger partial charge in [-0.05, 0) is 42.0 Å². The lowest BCUT2D eigenvalue weighted by molar-refractivity contribution is -0.115. The van der Waals surface area contributed by atoms with Crippen LogP contribution in [-0.2, 0) is 11.2 Å². The first kappa shape index (κ1) is 14.8. The van der Waals surface area contributed by atoms with E-state index in [9.17, 15) is 9.18 Å². The van der Waals surface area contributed by atoms with Crippen LogP contribution in [0, 0.1) is 5.82 Å². The third-order valence-electron chi connectivity index (χ3n) is 4.55. The molecular weight excluding hydrogens is 331 g/mol. The molecule has 4 aromatic rings. The fourth-order valence-corrected chi connectivity index (χ4v) is 3.37. The van der Waals surface area contributed by atoms with Gasteiger partial charge in [-0.15, -0.1) is 0 Å². The molecule has 126 valence electrons. The Kier molecular flexibility index (Phi) is 3.12. The minimum absolute atomic E-state index is 0.00162. The van der Waals surface area contributed by atoms with Gasteiger partial charge in [0.25, 0.3) is 0 Å². The molecule has 1 aliphatic rings. The molecule has 2 aromatic heterocycles. The van der Waals surface area contributed by atoms with Crippen LogP contribution in [0.2, 0.25) is 0 Å². The molecule has 26 heavy (non-hydrogen) atoms. The molecule has 0 radical (unpaired) electrons. The summed E-state index contributed by atoms with van der Waals surface area (Å²) in [7, 11) is 0. The Balaban J connectivity index is 1.76. The first-order valence-electron chi connectivity index (χ1n) is 8.20. The Bertz CT molecular complexity index is 1160. The molecule has 3 heterocycles. The van der Waals surface area contributed by atoms with Gasteiger partial charge in [0.05, 0.1) is 24.0 Å². The van der Waals surface area contributed by atoms with Crippen molar-refractivity contribution < 1.29 is 9.18 Å². The predicted octanol–water partition coefficient (Wildman–Crippen LogP) is 3.70. The minimum atomic E-state index is -0.289. The first-order chi connectivity index (χ1) is 12.7. The Morgan fingerprint density at radius 2 is 1.88 bits per heavy atom. The quantitative estimate of drug-likeness (QED) is 0.603. The van der Waals surface area contributed by atoms with E-state index in [1.165, 1.54) is 12.1 Å². The van der Waals surface area contributed by atoms with Crippen LogP contribution >= 0.6 is 0 Å². The van der Waals surface area contributed by atoms with E-state index in [4.69, 9.17) is 4.98 Å². The average molecular weight is 344 g/mol. The van der Waals surface area contributed by atoms with Gasteiger partial charge in [-0.3, -0.25) is 14.2 Å². The van der Waals surface area contributed by atoms with E-state index >= 15 is 0 Å². The van der Waals surface area contributed by atoms with E-state index in [-0.39, 0.29) is 11.7 Å². The number of anilines is 1. The van der Waals surface area contributed by atoms with E-state index in [2.05, 4.69) is 10.3 Å². The van der Waals surface area contributed by atoms with Gasteiger partial charge in [0.1, 0.15) is 5.82 Å². The van der Waals surface area contributed by atoms with Gasteiger partial charge in [0.2, 0.25) is 5.91 Å². The summed E-state index contributed by atoms with van der Waals surface area (Å²) in [6, 6.07) is 12.1. The van der Waals surface area contributed by atoms with Gasteiger partial charge >= 0.3 is 0 Å². The number of carbonyl (C=O) groups is 1. The van der Waals surface area contributed by atoms with Gasteiger partial charge in [-0.1, -0.05) is 6.07 Å². The van der Waals surface area contributed by atoms with Gasteiger partial charge in [0.15, 0.2) is 5.65 Å². The zero-order valence-corrected chi connectivity index (χ0v) is 13.6. The number of hydrogen-bond acceptors (Lipinski definition) is 3. The van der Waals surface area contributed by atoms with E-state index < -0.39 is 0 Å². The highest BCUT2D eigenvalue weighted by Crippen LogP contribution is 2.35. The lowest BCUT2D eigenvalue weighted by Crippen LogP contribution is -2.03. The molecule has 1 N–H and O–H groups in total. The highest BCUT2D eigenvalue weighted by atomic mass is 19.1. The summed E-state index contributed by atoms with van der Waals surface area (Å²) < 4.78 is 15.3. The smallest absolute Gasteiger partial charge is 0.228 e. The maximum Gasteiger partial charge on any atom is 0.228 e. The number of nitrogens with zero attached hydrogens (tertiary/aromatic N) is 3. The van der Waals surface area contributed by atoms with Crippen LogP contribution in [0.4, 0.5) is 10.1 Å². The summed E-state index contributed by atoms with van der Waals surface area (Å²) in [5, 5.41) is 2.85. The Morgan fingerprint density at radius 3 is 2.73 bits per heavy atom. The number of halogens is 1. The van der Waals surface area contributed by atoms with Crippen molar-refractivity contribution in [2.45, 2.75) is 6.42 Å². The molecule has 0 aliphatic carbocycles. The standard InChI is InChI=1S/C20H13FN4O/c21-15-4-1-12(2-5-15)19-20(25-8-7-22-11-17(25)24-19)13-3-6-16-14(9-13)10-18(26)23-16/h1-9,11H,10H2,(H,23,26). The molecule has 0 spiro atoms. The van der Waals surface area contributed by atoms with Crippen LogP contribution in [0.15, 0.2) is 61.1 Å². The second-order valence-electron chi connectivity index (χ2n) is 6.22. The summed E-state index contributed by atoms with van der Waals surface area (Å²) in [6.07, 6.45) is 5.61. The fourth-order valence-electron chi connectivity index (χ4n) is 3.37. The average Bonchev–Trinajstić information content (AvgIpc) is 3.21. The third kappa shape index (κ3) is 2.27. The van der Waals surface area contributed by atoms with Crippen molar-refractivity contribution >= 4 is 17.2 Å². The monoisotopic (exact) mass is 344 g/mol. The molecule has 0 unspecified atom stereocenters. The summed E-state index contributed by atoms with van der Waals surface area (Å²) in [5.74, 6) is -0.291. The van der Waals surface area contributed by atoms with Crippen LogP contribution < -0.4 is 5.32 Å². The summed E-state index contributed by atoms with van der Waals surface area (Å²) in [5.41, 5.74) is 5.90. The molecule has 0 atom stereocenters. The van der Waals surface area contributed by atoms with Gasteiger partial charge in [-0.25, -0.2) is 9.37 Å². The molecule has 1 amide bonds. The van der Waals surface area contributed by atoms with E-state index in [1.807, 2.05) is 28.8 Å². The molecule has 0 bridgehead atoms. The molecule has 2 aromatic carbocycles. The van der Waals surface area contributed by atoms with Crippen molar-refractivity contribution in [1.82, 2.24) is 14.4 Å². The highest BCUT2D eigenvalue weighted by molar-refractivity contribution is 6.00. The Hall–Kier alpha value is -3.54. The van der Waals surface area contributed by atoms with Crippen molar-refractivity contribution in [3.63, 3.8) is 0 Å². The van der Waals surface area contributed by atoms with Gasteiger partial charge in [-0.2, -0.15) is 0 Å². The number of benzene rings is 2. The van der Waals surface area contributed by atoms with Crippen molar-refractivity contribution in [3.05, 3.63) is 72.4 Å². The lowest BCUT2D eigenvalue weighted by Gasteiger charge is -2.08. The van der Waals surface area contributed by atoms with Crippen LogP contribution in [-0.4, -0.2) is 20.3 Å². The molecule has 6 heteroatoms. The number of rotatable bonds is 2. The number of hydrogen-bond donors (Lipinski definition) is 1. The van der Waals surface area contributed by atoms with Crippen molar-refractivity contribution in [1.29, 1.82) is 0 Å². The van der Waals surface area contributed by atoms with Gasteiger partial charge in [0, 0.05) is 29.2 Å². The van der Waals surface area contributed by atoms with Crippen molar-refractivity contribution in [3.8, 4) is 22.5 Å². The largest absolute Gasteiger partial charge is 0.326 e. The Labute approximate surface area is 148 Å². The second kappa shape index (κ2) is 5.49. The molecule has 0 fully saturated rings. The lowest BCUT2D eigenvalue weighted by atomic mass is 10.0. The summed E-state index contributed by atoms with van der Waals surface area (Å²) >= 11 is 0. The van der Waals surface area contributed by atoms with Crippen molar-refractivity contribution in [2.24, 2.45) is 0 Å². The van der Waals surface area contributed by atoms with Gasteiger partial charge < -0.3 is 5.32 Å². The molecule has 0 saturated carbocycles. The van der Waals surface area contributed by atoms with Crippen molar-refractivity contribution in [2.75, 3.05) is 5.32 Å². The predicted molar refractivity (Wildman–Crippen MR) is 96.2 cm³/mol. The Morgan fingerprint density at radius 1 is 1.08 bits per heavy atom. The summed E-state index contributed by atoms with van der Waals surface area (Å²) in [6.45, 7) is 0. The molecule has 1 aliphatic heterocycles. The number of carbonyl (C=O) groups excluding carboxylic acids is 1. The van der Waals surface area contributed by atoms with E-state index in [0.29, 0.717) is 12.1 Å². The van der Waals surface area contributed by atoms with Crippen LogP contribution in [0.1, 0.15) is 5.56 Å². The number of aromatic nitrogens is 3. The topological polar surface area (TPSA) is 59.3 Å². The SMILES string of the molecule is O=C1Cc2cc(-c3c(-c4ccc(F)cc4)nc4cnccn34)ccc2N1.